The van der Waals surface area contributed by atoms with Crippen LogP contribution in [0.5, 0.6) is 0 Å². The number of urea groups is 1. The number of rotatable bonds is 4. The molecule has 0 radical (unpaired) electrons. The predicted molar refractivity (Wildman–Crippen MR) is 88.9 cm³/mol. The van der Waals surface area contributed by atoms with E-state index in [4.69, 9.17) is 0 Å². The molecule has 0 atom stereocenters. The van der Waals surface area contributed by atoms with E-state index in [9.17, 15) is 14.4 Å². The van der Waals surface area contributed by atoms with Gasteiger partial charge in [0, 0.05) is 0 Å². The van der Waals surface area contributed by atoms with Gasteiger partial charge in [0.05, 0.1) is 13.1 Å². The predicted octanol–water partition coefficient (Wildman–Crippen LogP) is 2.79. The third-order valence-corrected chi connectivity index (χ3v) is 4.15. The highest BCUT2D eigenvalue weighted by atomic mass is 16.2. The molecule has 4 amide bonds. The molecule has 1 fully saturated rings. The standard InChI is InChI=1S/C19H18N2O3/c1-13-8-9-14(2)16(10-13)12-21-18(23)17(22)20(19(21)24)11-15-6-4-3-5-7-15/h3-10H,11-12H2,1-2H3. The van der Waals surface area contributed by atoms with Gasteiger partial charge < -0.3 is 0 Å². The zero-order chi connectivity index (χ0) is 17.3. The minimum atomic E-state index is -0.769. The summed E-state index contributed by atoms with van der Waals surface area (Å²) in [4.78, 5) is 39.0. The van der Waals surface area contributed by atoms with Crippen LogP contribution in [0.3, 0.4) is 0 Å². The summed E-state index contributed by atoms with van der Waals surface area (Å²) in [7, 11) is 0. The first-order valence-corrected chi connectivity index (χ1v) is 7.75. The van der Waals surface area contributed by atoms with E-state index in [1.165, 1.54) is 0 Å². The molecule has 2 aromatic rings. The zero-order valence-corrected chi connectivity index (χ0v) is 13.7. The number of carbonyl (C=O) groups is 3. The molecule has 0 N–H and O–H groups in total. The van der Waals surface area contributed by atoms with Gasteiger partial charge in [-0.15, -0.1) is 0 Å². The molecular formula is C19H18N2O3. The van der Waals surface area contributed by atoms with Crippen molar-refractivity contribution in [3.63, 3.8) is 0 Å². The van der Waals surface area contributed by atoms with E-state index in [1.807, 2.05) is 62.4 Å². The van der Waals surface area contributed by atoms with Gasteiger partial charge in [-0.25, -0.2) is 4.79 Å². The molecule has 0 aliphatic carbocycles. The first-order chi connectivity index (χ1) is 11.5. The van der Waals surface area contributed by atoms with Crippen molar-refractivity contribution < 1.29 is 14.4 Å². The summed E-state index contributed by atoms with van der Waals surface area (Å²) in [5.41, 5.74) is 3.70. The molecule has 1 heterocycles. The normalized spacial score (nSPS) is 14.7. The van der Waals surface area contributed by atoms with Crippen molar-refractivity contribution in [3.8, 4) is 0 Å². The molecule has 1 saturated heterocycles. The second-order valence-electron chi connectivity index (χ2n) is 5.98. The molecule has 1 aliphatic heterocycles. The average molecular weight is 322 g/mol. The smallest absolute Gasteiger partial charge is 0.263 e. The number of nitrogens with zero attached hydrogens (tertiary/aromatic N) is 2. The molecule has 5 nitrogen and oxygen atoms in total. The second-order valence-corrected chi connectivity index (χ2v) is 5.98. The van der Waals surface area contributed by atoms with Gasteiger partial charge in [0.1, 0.15) is 0 Å². The highest BCUT2D eigenvalue weighted by Crippen LogP contribution is 2.20. The number of benzene rings is 2. The molecule has 3 rings (SSSR count). The van der Waals surface area contributed by atoms with Crippen LogP contribution in [0.4, 0.5) is 4.79 Å². The first-order valence-electron chi connectivity index (χ1n) is 7.75. The van der Waals surface area contributed by atoms with E-state index in [0.29, 0.717) is 0 Å². The van der Waals surface area contributed by atoms with Gasteiger partial charge in [-0.3, -0.25) is 19.4 Å². The number of imide groups is 2. The molecule has 0 saturated carbocycles. The summed E-state index contributed by atoms with van der Waals surface area (Å²) in [6.07, 6.45) is 0. The lowest BCUT2D eigenvalue weighted by Crippen LogP contribution is -2.32. The van der Waals surface area contributed by atoms with Crippen LogP contribution in [0.25, 0.3) is 0 Å². The van der Waals surface area contributed by atoms with E-state index in [2.05, 4.69) is 0 Å². The van der Waals surface area contributed by atoms with Gasteiger partial charge in [0.25, 0.3) is 0 Å². The van der Waals surface area contributed by atoms with Gasteiger partial charge in [-0.2, -0.15) is 0 Å². The summed E-state index contributed by atoms with van der Waals surface area (Å²) < 4.78 is 0. The Balaban J connectivity index is 1.82. The monoisotopic (exact) mass is 322 g/mol. The van der Waals surface area contributed by atoms with Crippen molar-refractivity contribution in [2.45, 2.75) is 26.9 Å². The van der Waals surface area contributed by atoms with Crippen LogP contribution in [0.1, 0.15) is 22.3 Å². The summed E-state index contributed by atoms with van der Waals surface area (Å²) >= 11 is 0. The Bertz CT molecular complexity index is 815. The molecule has 0 unspecified atom stereocenters. The first kappa shape index (κ1) is 15.9. The summed E-state index contributed by atoms with van der Waals surface area (Å²) in [6, 6.07) is 14.4. The number of hydrogen-bond donors (Lipinski definition) is 0. The Morgan fingerprint density at radius 2 is 1.42 bits per heavy atom. The summed E-state index contributed by atoms with van der Waals surface area (Å²) in [5, 5.41) is 0. The van der Waals surface area contributed by atoms with Crippen molar-refractivity contribution in [2.75, 3.05) is 0 Å². The average Bonchev–Trinajstić information content (AvgIpc) is 2.77. The molecule has 2 aromatic carbocycles. The van der Waals surface area contributed by atoms with Crippen LogP contribution in [-0.4, -0.2) is 27.6 Å². The fraction of sp³-hybridized carbons (Fsp3) is 0.211. The molecule has 0 spiro atoms. The second kappa shape index (κ2) is 6.28. The van der Waals surface area contributed by atoms with E-state index in [1.54, 1.807) is 0 Å². The molecule has 24 heavy (non-hydrogen) atoms. The van der Waals surface area contributed by atoms with E-state index >= 15 is 0 Å². The highest BCUT2D eigenvalue weighted by Gasteiger charge is 2.44. The molecular weight excluding hydrogens is 304 g/mol. The fourth-order valence-electron chi connectivity index (χ4n) is 2.74. The summed E-state index contributed by atoms with van der Waals surface area (Å²) in [6.45, 7) is 4.09. The topological polar surface area (TPSA) is 57.7 Å². The van der Waals surface area contributed by atoms with Gasteiger partial charge in [0.2, 0.25) is 0 Å². The number of aryl methyl sites for hydroxylation is 2. The number of amides is 4. The van der Waals surface area contributed by atoms with Crippen molar-refractivity contribution in [2.24, 2.45) is 0 Å². The number of carbonyl (C=O) groups excluding carboxylic acids is 3. The minimum absolute atomic E-state index is 0.105. The lowest BCUT2D eigenvalue weighted by Gasteiger charge is -2.17. The minimum Gasteiger partial charge on any atom is -0.263 e. The maximum atomic E-state index is 12.5. The van der Waals surface area contributed by atoms with Crippen LogP contribution in [0, 0.1) is 13.8 Å². The highest BCUT2D eigenvalue weighted by molar-refractivity contribution is 6.44. The van der Waals surface area contributed by atoms with Crippen molar-refractivity contribution >= 4 is 17.8 Å². The Hall–Kier alpha value is -2.95. The van der Waals surface area contributed by atoms with Gasteiger partial charge in [-0.05, 0) is 30.5 Å². The largest absolute Gasteiger partial charge is 0.334 e. The van der Waals surface area contributed by atoms with Crippen molar-refractivity contribution in [1.29, 1.82) is 0 Å². The maximum Gasteiger partial charge on any atom is 0.334 e. The Labute approximate surface area is 140 Å². The summed E-state index contributed by atoms with van der Waals surface area (Å²) in [5.74, 6) is -1.54. The van der Waals surface area contributed by atoms with Crippen LogP contribution < -0.4 is 0 Å². The van der Waals surface area contributed by atoms with Gasteiger partial charge in [-0.1, -0.05) is 54.1 Å². The Morgan fingerprint density at radius 1 is 0.792 bits per heavy atom. The zero-order valence-electron chi connectivity index (χ0n) is 13.7. The van der Waals surface area contributed by atoms with Gasteiger partial charge in [0.15, 0.2) is 0 Å². The van der Waals surface area contributed by atoms with Crippen LogP contribution >= 0.6 is 0 Å². The molecule has 0 aromatic heterocycles. The molecule has 0 bridgehead atoms. The molecule has 5 heteroatoms. The number of hydrogen-bond acceptors (Lipinski definition) is 3. The van der Waals surface area contributed by atoms with E-state index in [0.717, 1.165) is 32.1 Å². The van der Waals surface area contributed by atoms with E-state index < -0.39 is 17.8 Å². The quantitative estimate of drug-likeness (QED) is 0.642. The third kappa shape index (κ3) is 2.93. The van der Waals surface area contributed by atoms with Crippen molar-refractivity contribution in [3.05, 3.63) is 70.8 Å². The fourth-order valence-corrected chi connectivity index (χ4v) is 2.74. The van der Waals surface area contributed by atoms with E-state index in [-0.39, 0.29) is 13.1 Å². The lowest BCUT2D eigenvalue weighted by atomic mass is 10.1. The maximum absolute atomic E-state index is 12.5. The van der Waals surface area contributed by atoms with Crippen LogP contribution in [0.15, 0.2) is 48.5 Å². The van der Waals surface area contributed by atoms with Gasteiger partial charge >= 0.3 is 17.8 Å². The Kier molecular flexibility index (Phi) is 4.16. The molecule has 122 valence electrons. The van der Waals surface area contributed by atoms with Crippen LogP contribution in [-0.2, 0) is 22.7 Å². The SMILES string of the molecule is Cc1ccc(C)c(CN2C(=O)C(=O)N(Cc3ccccc3)C2=O)c1. The van der Waals surface area contributed by atoms with Crippen molar-refractivity contribution in [1.82, 2.24) is 9.80 Å². The third-order valence-electron chi connectivity index (χ3n) is 4.15. The van der Waals surface area contributed by atoms with Crippen LogP contribution in [0.2, 0.25) is 0 Å². The molecule has 1 aliphatic rings. The Morgan fingerprint density at radius 3 is 2.08 bits per heavy atom. The lowest BCUT2D eigenvalue weighted by molar-refractivity contribution is -0.143.